The number of urea groups is 1. The fraction of sp³-hybridized carbons (Fsp3) is 0.190. The highest BCUT2D eigenvalue weighted by atomic mass is 16.6. The normalized spacial score (nSPS) is 10.5. The van der Waals surface area contributed by atoms with E-state index in [0.717, 1.165) is 11.1 Å². The third kappa shape index (κ3) is 5.24. The van der Waals surface area contributed by atoms with Gasteiger partial charge in [0.2, 0.25) is 0 Å². The first-order valence-corrected chi connectivity index (χ1v) is 9.45. The first-order valence-electron chi connectivity index (χ1n) is 9.45. The smallest absolute Gasteiger partial charge is 0.316 e. The van der Waals surface area contributed by atoms with Crippen LogP contribution in [0.2, 0.25) is 0 Å². The molecule has 0 aliphatic carbocycles. The lowest BCUT2D eigenvalue weighted by Gasteiger charge is -2.08. The van der Waals surface area contributed by atoms with Gasteiger partial charge in [0.25, 0.3) is 5.91 Å². The van der Waals surface area contributed by atoms with Gasteiger partial charge in [0.05, 0.1) is 11.5 Å². The molecule has 0 fully saturated rings. The number of carbonyl (C=O) groups is 2. The zero-order valence-electron chi connectivity index (χ0n) is 17.1. The molecular formula is C21H22N6O4. The van der Waals surface area contributed by atoms with Gasteiger partial charge in [-0.1, -0.05) is 24.3 Å². The number of rotatable bonds is 7. The molecule has 3 rings (SSSR count). The third-order valence-electron chi connectivity index (χ3n) is 4.75. The lowest BCUT2D eigenvalue weighted by molar-refractivity contribution is -0.386. The fourth-order valence-corrected chi connectivity index (χ4v) is 3.17. The minimum Gasteiger partial charge on any atom is -0.351 e. The van der Waals surface area contributed by atoms with Crippen molar-refractivity contribution < 1.29 is 14.5 Å². The lowest BCUT2D eigenvalue weighted by atomic mass is 10.1. The summed E-state index contributed by atoms with van der Waals surface area (Å²) in [5, 5.41) is 20.7. The highest BCUT2D eigenvalue weighted by Crippen LogP contribution is 2.22. The van der Waals surface area contributed by atoms with Crippen molar-refractivity contribution in [2.45, 2.75) is 26.9 Å². The molecule has 0 atom stereocenters. The SMILES string of the molecule is Cc1nn(Cc2ccc(C(=O)NCc3ccc(NC(N)=O)cc3)cc2)c(C)c1[N+](=O)[O-]. The number of hydrogen-bond donors (Lipinski definition) is 3. The minimum absolute atomic E-state index is 0.0226. The van der Waals surface area contributed by atoms with Crippen LogP contribution in [-0.4, -0.2) is 26.6 Å². The van der Waals surface area contributed by atoms with E-state index >= 15 is 0 Å². The number of nitro groups is 1. The Kier molecular flexibility index (Phi) is 6.29. The van der Waals surface area contributed by atoms with Gasteiger partial charge in [0, 0.05) is 17.8 Å². The molecule has 3 aromatic rings. The number of aromatic nitrogens is 2. The minimum atomic E-state index is -0.638. The van der Waals surface area contributed by atoms with Crippen molar-refractivity contribution in [2.75, 3.05) is 5.32 Å². The maximum Gasteiger partial charge on any atom is 0.316 e. The van der Waals surface area contributed by atoms with E-state index in [4.69, 9.17) is 5.73 Å². The number of anilines is 1. The molecule has 160 valence electrons. The van der Waals surface area contributed by atoms with Gasteiger partial charge in [-0.2, -0.15) is 5.10 Å². The van der Waals surface area contributed by atoms with Crippen molar-refractivity contribution in [1.29, 1.82) is 0 Å². The van der Waals surface area contributed by atoms with Crippen molar-refractivity contribution in [3.05, 3.63) is 86.7 Å². The van der Waals surface area contributed by atoms with Crippen LogP contribution >= 0.6 is 0 Å². The number of primary amides is 1. The Balaban J connectivity index is 1.60. The van der Waals surface area contributed by atoms with E-state index in [1.165, 1.54) is 0 Å². The Bertz CT molecular complexity index is 1120. The second-order valence-electron chi connectivity index (χ2n) is 7.00. The van der Waals surface area contributed by atoms with Crippen molar-refractivity contribution in [1.82, 2.24) is 15.1 Å². The third-order valence-corrected chi connectivity index (χ3v) is 4.75. The number of carbonyl (C=O) groups excluding carboxylic acids is 2. The summed E-state index contributed by atoms with van der Waals surface area (Å²) in [5.74, 6) is -0.229. The van der Waals surface area contributed by atoms with Crippen LogP contribution in [0.25, 0.3) is 0 Å². The van der Waals surface area contributed by atoms with E-state index in [1.807, 2.05) is 0 Å². The molecule has 0 bridgehead atoms. The number of nitrogens with one attached hydrogen (secondary N) is 2. The van der Waals surface area contributed by atoms with Crippen LogP contribution in [0.15, 0.2) is 48.5 Å². The quantitative estimate of drug-likeness (QED) is 0.396. The maximum atomic E-state index is 12.4. The van der Waals surface area contributed by atoms with Gasteiger partial charge in [-0.3, -0.25) is 19.6 Å². The Morgan fingerprint density at radius 2 is 1.68 bits per heavy atom. The summed E-state index contributed by atoms with van der Waals surface area (Å²) in [5.41, 5.74) is 8.76. The van der Waals surface area contributed by atoms with Gasteiger partial charge in [-0.25, -0.2) is 4.79 Å². The molecule has 0 radical (unpaired) electrons. The number of hydrogen-bond acceptors (Lipinski definition) is 5. The van der Waals surface area contributed by atoms with E-state index in [9.17, 15) is 19.7 Å². The summed E-state index contributed by atoms with van der Waals surface area (Å²) < 4.78 is 1.58. The first-order chi connectivity index (χ1) is 14.7. The van der Waals surface area contributed by atoms with Crippen LogP contribution in [0.4, 0.5) is 16.2 Å². The summed E-state index contributed by atoms with van der Waals surface area (Å²) in [6.45, 7) is 3.97. The predicted molar refractivity (Wildman–Crippen MR) is 115 cm³/mol. The molecule has 0 aliphatic heterocycles. The van der Waals surface area contributed by atoms with Crippen LogP contribution < -0.4 is 16.4 Å². The number of amides is 3. The summed E-state index contributed by atoms with van der Waals surface area (Å²) in [4.78, 5) is 33.9. The van der Waals surface area contributed by atoms with E-state index in [2.05, 4.69) is 15.7 Å². The Morgan fingerprint density at radius 3 is 2.23 bits per heavy atom. The molecule has 0 saturated carbocycles. The molecular weight excluding hydrogens is 400 g/mol. The number of aryl methyl sites for hydroxylation is 1. The number of nitrogens with zero attached hydrogens (tertiary/aromatic N) is 3. The van der Waals surface area contributed by atoms with Gasteiger partial charge >= 0.3 is 11.7 Å². The number of nitrogens with two attached hydrogens (primary N) is 1. The van der Waals surface area contributed by atoms with Crippen molar-refractivity contribution in [2.24, 2.45) is 5.73 Å². The van der Waals surface area contributed by atoms with Crippen molar-refractivity contribution in [3.8, 4) is 0 Å². The Hall–Kier alpha value is -4.21. The van der Waals surface area contributed by atoms with Crippen LogP contribution in [0, 0.1) is 24.0 Å². The molecule has 4 N–H and O–H groups in total. The molecule has 1 heterocycles. The lowest BCUT2D eigenvalue weighted by Crippen LogP contribution is -2.23. The average molecular weight is 422 g/mol. The molecule has 1 aromatic heterocycles. The molecule has 3 amide bonds. The van der Waals surface area contributed by atoms with Crippen LogP contribution in [0.3, 0.4) is 0 Å². The first kappa shape index (κ1) is 21.5. The van der Waals surface area contributed by atoms with E-state index in [1.54, 1.807) is 67.1 Å². The molecule has 10 heteroatoms. The summed E-state index contributed by atoms with van der Waals surface area (Å²) in [6.07, 6.45) is 0. The summed E-state index contributed by atoms with van der Waals surface area (Å²) in [6, 6.07) is 13.3. The van der Waals surface area contributed by atoms with Crippen molar-refractivity contribution >= 4 is 23.3 Å². The highest BCUT2D eigenvalue weighted by Gasteiger charge is 2.21. The summed E-state index contributed by atoms with van der Waals surface area (Å²) in [7, 11) is 0. The van der Waals surface area contributed by atoms with Gasteiger partial charge in [0.15, 0.2) is 0 Å². The monoisotopic (exact) mass is 422 g/mol. The van der Waals surface area contributed by atoms with E-state index in [0.29, 0.717) is 35.7 Å². The second kappa shape index (κ2) is 9.08. The molecule has 0 unspecified atom stereocenters. The van der Waals surface area contributed by atoms with Gasteiger partial charge < -0.3 is 16.4 Å². The average Bonchev–Trinajstić information content (AvgIpc) is 3.00. The standard InChI is InChI=1S/C21H22N6O4/c1-13-19(27(30)31)14(2)26(25-13)12-16-3-7-17(8-4-16)20(28)23-11-15-5-9-18(10-6-15)24-21(22)29/h3-10H,11-12H2,1-2H3,(H,23,28)(H3,22,24,29). The Labute approximate surface area is 178 Å². The fourth-order valence-electron chi connectivity index (χ4n) is 3.17. The van der Waals surface area contributed by atoms with Crippen molar-refractivity contribution in [3.63, 3.8) is 0 Å². The van der Waals surface area contributed by atoms with Gasteiger partial charge in [-0.15, -0.1) is 0 Å². The topological polar surface area (TPSA) is 145 Å². The zero-order chi connectivity index (χ0) is 22.5. The molecule has 31 heavy (non-hydrogen) atoms. The molecule has 2 aromatic carbocycles. The molecule has 0 spiro atoms. The van der Waals surface area contributed by atoms with Crippen LogP contribution in [0.5, 0.6) is 0 Å². The highest BCUT2D eigenvalue weighted by molar-refractivity contribution is 5.94. The van der Waals surface area contributed by atoms with E-state index < -0.39 is 11.0 Å². The molecule has 10 nitrogen and oxygen atoms in total. The zero-order valence-corrected chi connectivity index (χ0v) is 17.1. The van der Waals surface area contributed by atoms with Crippen LogP contribution in [-0.2, 0) is 13.1 Å². The summed E-state index contributed by atoms with van der Waals surface area (Å²) >= 11 is 0. The molecule has 0 aliphatic rings. The van der Waals surface area contributed by atoms with Crippen LogP contribution in [0.1, 0.15) is 32.9 Å². The van der Waals surface area contributed by atoms with E-state index in [-0.39, 0.29) is 11.6 Å². The molecule has 0 saturated heterocycles. The second-order valence-corrected chi connectivity index (χ2v) is 7.00. The largest absolute Gasteiger partial charge is 0.351 e. The number of benzene rings is 2. The Morgan fingerprint density at radius 1 is 1.06 bits per heavy atom. The van der Waals surface area contributed by atoms with Gasteiger partial charge in [-0.05, 0) is 49.2 Å². The predicted octanol–water partition coefficient (Wildman–Crippen LogP) is 2.88. The van der Waals surface area contributed by atoms with Gasteiger partial charge in [0.1, 0.15) is 11.4 Å². The maximum absolute atomic E-state index is 12.4.